The van der Waals surface area contributed by atoms with Crippen LogP contribution in [0.1, 0.15) is 16.2 Å². The maximum absolute atomic E-state index is 12.3. The van der Waals surface area contributed by atoms with E-state index < -0.39 is 0 Å². The van der Waals surface area contributed by atoms with Crippen LogP contribution in [0, 0.1) is 0 Å². The standard InChI is InChI=1S/C13H9N3OS/c17-12(10-4-2-5-14-10)11-9(3-1-6-15-11)13-16-7-8-18-13/h1-8,14H. The summed E-state index contributed by atoms with van der Waals surface area (Å²) in [6, 6.07) is 7.20. The van der Waals surface area contributed by atoms with Gasteiger partial charge in [0.05, 0.1) is 5.69 Å². The zero-order chi connectivity index (χ0) is 12.4. The molecule has 4 nitrogen and oxygen atoms in total. The van der Waals surface area contributed by atoms with Crippen molar-refractivity contribution in [1.29, 1.82) is 0 Å². The average molecular weight is 255 g/mol. The molecule has 0 fully saturated rings. The summed E-state index contributed by atoms with van der Waals surface area (Å²) in [5, 5.41) is 2.68. The summed E-state index contributed by atoms with van der Waals surface area (Å²) in [6.07, 6.45) is 5.06. The third kappa shape index (κ3) is 1.84. The van der Waals surface area contributed by atoms with Gasteiger partial charge in [0, 0.05) is 29.5 Å². The summed E-state index contributed by atoms with van der Waals surface area (Å²) >= 11 is 1.49. The highest BCUT2D eigenvalue weighted by molar-refractivity contribution is 7.13. The van der Waals surface area contributed by atoms with E-state index >= 15 is 0 Å². The van der Waals surface area contributed by atoms with Gasteiger partial charge in [0.1, 0.15) is 10.7 Å². The SMILES string of the molecule is O=C(c1ccc[nH]1)c1ncccc1-c1nccs1. The van der Waals surface area contributed by atoms with Gasteiger partial charge < -0.3 is 4.98 Å². The van der Waals surface area contributed by atoms with E-state index in [0.29, 0.717) is 11.4 Å². The molecule has 0 aliphatic heterocycles. The fourth-order valence-electron chi connectivity index (χ4n) is 1.71. The molecule has 88 valence electrons. The first-order chi connectivity index (χ1) is 8.86. The molecule has 0 spiro atoms. The fourth-order valence-corrected chi connectivity index (χ4v) is 2.38. The number of hydrogen-bond acceptors (Lipinski definition) is 4. The molecule has 0 aliphatic carbocycles. The van der Waals surface area contributed by atoms with Gasteiger partial charge >= 0.3 is 0 Å². The van der Waals surface area contributed by atoms with Crippen molar-refractivity contribution in [2.24, 2.45) is 0 Å². The van der Waals surface area contributed by atoms with Gasteiger partial charge in [0.15, 0.2) is 0 Å². The van der Waals surface area contributed by atoms with Gasteiger partial charge in [-0.3, -0.25) is 9.78 Å². The van der Waals surface area contributed by atoms with Crippen molar-refractivity contribution < 1.29 is 4.79 Å². The Hall–Kier alpha value is -2.27. The molecular weight excluding hydrogens is 246 g/mol. The second-order valence-electron chi connectivity index (χ2n) is 3.65. The van der Waals surface area contributed by atoms with E-state index in [9.17, 15) is 4.79 Å². The van der Waals surface area contributed by atoms with Gasteiger partial charge in [-0.1, -0.05) is 0 Å². The first-order valence-electron chi connectivity index (χ1n) is 5.39. The minimum atomic E-state index is -0.120. The number of H-pyrrole nitrogens is 1. The Morgan fingerprint density at radius 3 is 2.83 bits per heavy atom. The molecule has 3 aromatic heterocycles. The highest BCUT2D eigenvalue weighted by Gasteiger charge is 2.17. The van der Waals surface area contributed by atoms with Crippen LogP contribution < -0.4 is 0 Å². The van der Waals surface area contributed by atoms with Crippen molar-refractivity contribution in [3.63, 3.8) is 0 Å². The van der Waals surface area contributed by atoms with Gasteiger partial charge in [0.25, 0.3) is 0 Å². The molecule has 0 unspecified atom stereocenters. The number of carbonyl (C=O) groups is 1. The second kappa shape index (κ2) is 4.54. The molecule has 0 aromatic carbocycles. The van der Waals surface area contributed by atoms with Crippen molar-refractivity contribution in [2.45, 2.75) is 0 Å². The maximum atomic E-state index is 12.3. The molecule has 3 heterocycles. The quantitative estimate of drug-likeness (QED) is 0.732. The Morgan fingerprint density at radius 2 is 2.11 bits per heavy atom. The molecule has 1 N–H and O–H groups in total. The number of nitrogens with zero attached hydrogens (tertiary/aromatic N) is 2. The molecule has 0 bridgehead atoms. The maximum Gasteiger partial charge on any atom is 0.228 e. The number of ketones is 1. The molecule has 0 aliphatic rings. The van der Waals surface area contributed by atoms with Crippen LogP contribution in [0.4, 0.5) is 0 Å². The van der Waals surface area contributed by atoms with Crippen LogP contribution in [0.25, 0.3) is 10.6 Å². The lowest BCUT2D eigenvalue weighted by molar-refractivity contribution is 0.103. The lowest BCUT2D eigenvalue weighted by atomic mass is 10.1. The van der Waals surface area contributed by atoms with E-state index in [1.807, 2.05) is 17.5 Å². The number of aromatic nitrogens is 3. The molecular formula is C13H9N3OS. The second-order valence-corrected chi connectivity index (χ2v) is 4.54. The number of thiazole rings is 1. The van der Waals surface area contributed by atoms with Gasteiger partial charge in [-0.25, -0.2) is 4.98 Å². The van der Waals surface area contributed by atoms with Crippen LogP contribution in [0.15, 0.2) is 48.2 Å². The van der Waals surface area contributed by atoms with Crippen LogP contribution in [-0.2, 0) is 0 Å². The minimum absolute atomic E-state index is 0.120. The van der Waals surface area contributed by atoms with Crippen molar-refractivity contribution >= 4 is 17.1 Å². The van der Waals surface area contributed by atoms with Crippen LogP contribution in [0.2, 0.25) is 0 Å². The molecule has 0 radical (unpaired) electrons. The fraction of sp³-hybridized carbons (Fsp3) is 0. The average Bonchev–Trinajstić information content (AvgIpc) is 3.11. The van der Waals surface area contributed by atoms with Gasteiger partial charge in [0.2, 0.25) is 5.78 Å². The number of carbonyl (C=O) groups excluding carboxylic acids is 1. The summed E-state index contributed by atoms with van der Waals surface area (Å²) in [7, 11) is 0. The summed E-state index contributed by atoms with van der Waals surface area (Å²) in [5.41, 5.74) is 1.73. The molecule has 0 saturated carbocycles. The van der Waals surface area contributed by atoms with Crippen molar-refractivity contribution in [1.82, 2.24) is 15.0 Å². The Kier molecular flexibility index (Phi) is 2.74. The summed E-state index contributed by atoms with van der Waals surface area (Å²) in [4.78, 5) is 23.6. The van der Waals surface area contributed by atoms with Crippen LogP contribution in [-0.4, -0.2) is 20.7 Å². The van der Waals surface area contributed by atoms with E-state index in [1.54, 1.807) is 30.7 Å². The van der Waals surface area contributed by atoms with E-state index in [2.05, 4.69) is 15.0 Å². The zero-order valence-electron chi connectivity index (χ0n) is 9.33. The van der Waals surface area contributed by atoms with Crippen molar-refractivity contribution in [3.8, 4) is 10.6 Å². The Balaban J connectivity index is 2.10. The summed E-state index contributed by atoms with van der Waals surface area (Å²) in [6.45, 7) is 0. The van der Waals surface area contributed by atoms with E-state index in [1.165, 1.54) is 11.3 Å². The lowest BCUT2D eigenvalue weighted by Gasteiger charge is -2.03. The number of pyridine rings is 1. The first kappa shape index (κ1) is 10.9. The normalized spacial score (nSPS) is 10.4. The van der Waals surface area contributed by atoms with Gasteiger partial charge in [-0.15, -0.1) is 11.3 Å². The zero-order valence-corrected chi connectivity index (χ0v) is 10.1. The monoisotopic (exact) mass is 255 g/mol. The predicted octanol–water partition coefficient (Wildman–Crippen LogP) is 2.76. The van der Waals surface area contributed by atoms with E-state index in [-0.39, 0.29) is 5.78 Å². The Bertz CT molecular complexity index is 659. The smallest absolute Gasteiger partial charge is 0.228 e. The highest BCUT2D eigenvalue weighted by Crippen LogP contribution is 2.25. The molecule has 3 rings (SSSR count). The number of nitrogens with one attached hydrogen (secondary N) is 1. The number of rotatable bonds is 3. The summed E-state index contributed by atoms with van der Waals surface area (Å²) < 4.78 is 0. The number of aromatic amines is 1. The molecule has 5 heteroatoms. The van der Waals surface area contributed by atoms with E-state index in [0.717, 1.165) is 10.6 Å². The molecule has 0 amide bonds. The Morgan fingerprint density at radius 1 is 1.17 bits per heavy atom. The van der Waals surface area contributed by atoms with Gasteiger partial charge in [-0.05, 0) is 24.3 Å². The topological polar surface area (TPSA) is 58.6 Å². The molecule has 0 saturated heterocycles. The molecule has 3 aromatic rings. The van der Waals surface area contributed by atoms with Crippen LogP contribution in [0.3, 0.4) is 0 Å². The van der Waals surface area contributed by atoms with Crippen molar-refractivity contribution in [2.75, 3.05) is 0 Å². The van der Waals surface area contributed by atoms with Crippen LogP contribution in [0.5, 0.6) is 0 Å². The first-order valence-corrected chi connectivity index (χ1v) is 6.27. The summed E-state index contributed by atoms with van der Waals surface area (Å²) in [5.74, 6) is -0.120. The molecule has 0 atom stereocenters. The predicted molar refractivity (Wildman–Crippen MR) is 69.6 cm³/mol. The van der Waals surface area contributed by atoms with Crippen LogP contribution >= 0.6 is 11.3 Å². The van der Waals surface area contributed by atoms with Crippen molar-refractivity contribution in [3.05, 3.63) is 59.6 Å². The van der Waals surface area contributed by atoms with E-state index in [4.69, 9.17) is 0 Å². The largest absolute Gasteiger partial charge is 0.358 e. The van der Waals surface area contributed by atoms with Gasteiger partial charge in [-0.2, -0.15) is 0 Å². The molecule has 18 heavy (non-hydrogen) atoms. The third-order valence-corrected chi connectivity index (χ3v) is 3.33. The number of hydrogen-bond donors (Lipinski definition) is 1. The third-order valence-electron chi connectivity index (χ3n) is 2.53. The lowest BCUT2D eigenvalue weighted by Crippen LogP contribution is -2.06. The highest BCUT2D eigenvalue weighted by atomic mass is 32.1. The minimum Gasteiger partial charge on any atom is -0.358 e. The Labute approximate surface area is 107 Å².